The van der Waals surface area contributed by atoms with Crippen LogP contribution in [0.4, 0.5) is 0 Å². The third kappa shape index (κ3) is 5.76. The molecule has 1 unspecified atom stereocenters. The summed E-state index contributed by atoms with van der Waals surface area (Å²) in [5.41, 5.74) is -0.181. The first-order valence-corrected chi connectivity index (χ1v) is 2.39. The van der Waals surface area contributed by atoms with Crippen molar-refractivity contribution >= 4 is 18.0 Å². The molecule has 0 saturated heterocycles. The number of rotatable bonds is 2. The van der Waals surface area contributed by atoms with Crippen LogP contribution in [0.25, 0.3) is 0 Å². The molecule has 0 rings (SSSR count). The summed E-state index contributed by atoms with van der Waals surface area (Å²) in [5.74, 6) is 0. The van der Waals surface area contributed by atoms with Crippen molar-refractivity contribution in [2.45, 2.75) is 12.4 Å². The van der Waals surface area contributed by atoms with Crippen LogP contribution in [-0.2, 0) is 4.74 Å². The van der Waals surface area contributed by atoms with Crippen LogP contribution in [0.3, 0.4) is 0 Å². The highest BCUT2D eigenvalue weighted by molar-refractivity contribution is 6.20. The number of nitrogens with zero attached hydrogens (tertiary/aromatic N) is 1. The molecular formula is C4H8ClNO. The van der Waals surface area contributed by atoms with Gasteiger partial charge in [0.2, 0.25) is 0 Å². The Labute approximate surface area is 48.1 Å². The number of alkyl halides is 1. The van der Waals surface area contributed by atoms with E-state index in [9.17, 15) is 0 Å². The van der Waals surface area contributed by atoms with Gasteiger partial charge in [-0.1, -0.05) is 11.6 Å². The smallest absolute Gasteiger partial charge is 0.170 e. The molecule has 0 aliphatic heterocycles. The van der Waals surface area contributed by atoms with E-state index < -0.39 is 0 Å². The second-order valence-electron chi connectivity index (χ2n) is 1.06. The van der Waals surface area contributed by atoms with E-state index in [2.05, 4.69) is 9.73 Å². The lowest BCUT2D eigenvalue weighted by Crippen LogP contribution is -1.85. The van der Waals surface area contributed by atoms with Gasteiger partial charge < -0.3 is 4.74 Å². The Kier molecular flexibility index (Phi) is 3.80. The van der Waals surface area contributed by atoms with Crippen LogP contribution in [-0.4, -0.2) is 19.0 Å². The minimum Gasteiger partial charge on any atom is -0.487 e. The lowest BCUT2D eigenvalue weighted by molar-refractivity contribution is 0.420. The lowest BCUT2D eigenvalue weighted by atomic mass is 10.8. The summed E-state index contributed by atoms with van der Waals surface area (Å²) in [5, 5.41) is 0. The number of halogens is 1. The number of hydrogen-bond acceptors (Lipinski definition) is 2. The zero-order valence-corrected chi connectivity index (χ0v) is 5.14. The van der Waals surface area contributed by atoms with Crippen LogP contribution in [0.5, 0.6) is 0 Å². The first-order valence-electron chi connectivity index (χ1n) is 1.96. The van der Waals surface area contributed by atoms with Crippen LogP contribution in [0, 0.1) is 0 Å². The highest BCUT2D eigenvalue weighted by atomic mass is 35.5. The van der Waals surface area contributed by atoms with E-state index >= 15 is 0 Å². The lowest BCUT2D eigenvalue weighted by Gasteiger charge is -1.88. The van der Waals surface area contributed by atoms with Gasteiger partial charge in [-0.15, -0.1) is 0 Å². The quantitative estimate of drug-likeness (QED) is 0.233. The predicted molar refractivity (Wildman–Crippen MR) is 30.8 cm³/mol. The highest BCUT2D eigenvalue weighted by Crippen LogP contribution is 1.91. The molecule has 0 fully saturated rings. The van der Waals surface area contributed by atoms with Crippen molar-refractivity contribution in [3.8, 4) is 0 Å². The Bertz CT molecular complexity index is 62.7. The Morgan fingerprint density at radius 3 is 2.57 bits per heavy atom. The third-order valence-electron chi connectivity index (χ3n) is 0.372. The molecule has 0 aromatic heterocycles. The van der Waals surface area contributed by atoms with Gasteiger partial charge in [-0.05, 0) is 6.92 Å². The van der Waals surface area contributed by atoms with E-state index in [-0.39, 0.29) is 5.50 Å². The molecule has 1 atom stereocenters. The molecule has 0 aliphatic rings. The van der Waals surface area contributed by atoms with Gasteiger partial charge in [-0.2, -0.15) is 0 Å². The summed E-state index contributed by atoms with van der Waals surface area (Å²) in [6.45, 7) is 1.76. The van der Waals surface area contributed by atoms with Crippen molar-refractivity contribution in [1.29, 1.82) is 0 Å². The van der Waals surface area contributed by atoms with Crippen molar-refractivity contribution in [2.75, 3.05) is 7.11 Å². The van der Waals surface area contributed by atoms with E-state index in [0.717, 1.165) is 0 Å². The highest BCUT2D eigenvalue weighted by Gasteiger charge is 1.82. The second-order valence-corrected chi connectivity index (χ2v) is 1.70. The third-order valence-corrected chi connectivity index (χ3v) is 0.484. The van der Waals surface area contributed by atoms with E-state index in [0.29, 0.717) is 0 Å². The van der Waals surface area contributed by atoms with Crippen molar-refractivity contribution in [1.82, 2.24) is 0 Å². The molecule has 0 aromatic rings. The normalized spacial score (nSPS) is 14.7. The maximum atomic E-state index is 5.38. The number of hydrogen-bond donors (Lipinski definition) is 0. The molecule has 0 spiro atoms. The maximum absolute atomic E-state index is 5.38. The first kappa shape index (κ1) is 6.76. The predicted octanol–water partition coefficient (Wildman–Crippen LogP) is 1.25. The molecule has 0 heterocycles. The van der Waals surface area contributed by atoms with Crippen molar-refractivity contribution < 1.29 is 4.74 Å². The number of aliphatic imine (C=N–C) groups is 1. The van der Waals surface area contributed by atoms with Crippen molar-refractivity contribution in [3.05, 3.63) is 0 Å². The summed E-state index contributed by atoms with van der Waals surface area (Å²) in [4.78, 5) is 3.66. The molecule has 0 N–H and O–H groups in total. The molecular weight excluding hydrogens is 114 g/mol. The summed E-state index contributed by atoms with van der Waals surface area (Å²) >= 11 is 5.38. The van der Waals surface area contributed by atoms with Crippen LogP contribution >= 0.6 is 11.6 Å². The van der Waals surface area contributed by atoms with Gasteiger partial charge in [0, 0.05) is 0 Å². The summed E-state index contributed by atoms with van der Waals surface area (Å²) < 4.78 is 4.48. The zero-order chi connectivity index (χ0) is 5.70. The van der Waals surface area contributed by atoms with E-state index in [1.807, 2.05) is 0 Å². The molecule has 0 aliphatic carbocycles. The monoisotopic (exact) mass is 121 g/mol. The molecule has 2 nitrogen and oxygen atoms in total. The van der Waals surface area contributed by atoms with E-state index in [1.165, 1.54) is 13.5 Å². The molecule has 0 aromatic carbocycles. The molecule has 7 heavy (non-hydrogen) atoms. The van der Waals surface area contributed by atoms with Gasteiger partial charge in [-0.3, -0.25) is 0 Å². The summed E-state index contributed by atoms with van der Waals surface area (Å²) in [6, 6.07) is 0. The molecule has 0 bridgehead atoms. The standard InChI is InChI=1S/C4H8ClNO/c1-4(5)6-3-7-2/h3-4H,1-2H3/b6-3-. The Hall–Kier alpha value is -0.240. The minimum atomic E-state index is -0.181. The average molecular weight is 122 g/mol. The van der Waals surface area contributed by atoms with Crippen LogP contribution in [0.1, 0.15) is 6.92 Å². The molecule has 3 heteroatoms. The van der Waals surface area contributed by atoms with Crippen molar-refractivity contribution in [3.63, 3.8) is 0 Å². The molecule has 42 valence electrons. The minimum absolute atomic E-state index is 0.181. The van der Waals surface area contributed by atoms with Gasteiger partial charge in [0.25, 0.3) is 0 Å². The van der Waals surface area contributed by atoms with E-state index in [4.69, 9.17) is 11.6 Å². The topological polar surface area (TPSA) is 21.6 Å². The van der Waals surface area contributed by atoms with Gasteiger partial charge in [0.05, 0.1) is 7.11 Å². The van der Waals surface area contributed by atoms with Crippen LogP contribution in [0.2, 0.25) is 0 Å². The van der Waals surface area contributed by atoms with Crippen LogP contribution < -0.4 is 0 Å². The fourth-order valence-electron chi connectivity index (χ4n) is 0.145. The Morgan fingerprint density at radius 2 is 2.43 bits per heavy atom. The second kappa shape index (κ2) is 3.93. The van der Waals surface area contributed by atoms with Crippen molar-refractivity contribution in [2.24, 2.45) is 4.99 Å². The number of ether oxygens (including phenoxy) is 1. The molecule has 0 amide bonds. The summed E-state index contributed by atoms with van der Waals surface area (Å²) in [7, 11) is 1.53. The summed E-state index contributed by atoms with van der Waals surface area (Å²) in [6.07, 6.45) is 1.32. The van der Waals surface area contributed by atoms with E-state index in [1.54, 1.807) is 6.92 Å². The fraction of sp³-hybridized carbons (Fsp3) is 0.750. The largest absolute Gasteiger partial charge is 0.487 e. The number of methoxy groups -OCH3 is 1. The van der Waals surface area contributed by atoms with Gasteiger partial charge >= 0.3 is 0 Å². The van der Waals surface area contributed by atoms with Gasteiger partial charge in [0.1, 0.15) is 5.50 Å². The SMILES string of the molecule is CO/C=N\C(C)Cl. The Balaban J connectivity index is 3.08. The molecule has 0 saturated carbocycles. The fourth-order valence-corrected chi connectivity index (χ4v) is 0.191. The zero-order valence-electron chi connectivity index (χ0n) is 4.39. The van der Waals surface area contributed by atoms with Gasteiger partial charge in [-0.25, -0.2) is 4.99 Å². The maximum Gasteiger partial charge on any atom is 0.170 e. The van der Waals surface area contributed by atoms with Gasteiger partial charge in [0.15, 0.2) is 6.40 Å². The Morgan fingerprint density at radius 1 is 1.86 bits per heavy atom. The molecule has 0 radical (unpaired) electrons. The average Bonchev–Trinajstić information content (AvgIpc) is 1.61. The van der Waals surface area contributed by atoms with Crippen LogP contribution in [0.15, 0.2) is 4.99 Å². The first-order chi connectivity index (χ1) is 3.27.